The summed E-state index contributed by atoms with van der Waals surface area (Å²) in [5.74, 6) is 0.758. The molecule has 2 aromatic heterocycles. The second kappa shape index (κ2) is 6.95. The van der Waals surface area contributed by atoms with Gasteiger partial charge >= 0.3 is 0 Å². The summed E-state index contributed by atoms with van der Waals surface area (Å²) in [6.45, 7) is 3.25. The molecule has 2 heterocycles. The third-order valence-electron chi connectivity index (χ3n) is 3.39. The summed E-state index contributed by atoms with van der Waals surface area (Å²) in [5.41, 5.74) is 0.654. The van der Waals surface area contributed by atoms with E-state index in [4.69, 9.17) is 4.42 Å². The summed E-state index contributed by atoms with van der Waals surface area (Å²) < 4.78 is 8.26. The van der Waals surface area contributed by atoms with Gasteiger partial charge in [-0.1, -0.05) is 0 Å². The lowest BCUT2D eigenvalue weighted by atomic mass is 10.2. The summed E-state index contributed by atoms with van der Waals surface area (Å²) >= 11 is 3.40. The molecule has 0 aromatic carbocycles. The van der Waals surface area contributed by atoms with Gasteiger partial charge in [-0.25, -0.2) is 0 Å². The van der Waals surface area contributed by atoms with Crippen LogP contribution in [0, 0.1) is 0 Å². The quantitative estimate of drug-likeness (QED) is 0.868. The Balaban J connectivity index is 2.05. The van der Waals surface area contributed by atoms with Crippen LogP contribution in [0.3, 0.4) is 0 Å². The van der Waals surface area contributed by atoms with Crippen LogP contribution in [0.4, 0.5) is 0 Å². The maximum atomic E-state index is 12.3. The predicted octanol–water partition coefficient (Wildman–Crippen LogP) is 2.90. The zero-order valence-electron chi connectivity index (χ0n) is 12.5. The molecule has 5 nitrogen and oxygen atoms in total. The van der Waals surface area contributed by atoms with E-state index < -0.39 is 0 Å². The fourth-order valence-electron chi connectivity index (χ4n) is 2.23. The number of carbonyl (C=O) groups is 1. The molecule has 0 fully saturated rings. The Kier molecular flexibility index (Phi) is 5.25. The van der Waals surface area contributed by atoms with Gasteiger partial charge in [0.15, 0.2) is 0 Å². The minimum Gasteiger partial charge on any atom is -0.468 e. The standard InChI is InChI=1S/C15H20BrN3O2/c1-4-19-10-11(16)8-12(19)15(20)17-9-13(18(2)3)14-6-5-7-21-14/h5-8,10,13H,4,9H2,1-3H3,(H,17,20). The molecule has 2 rings (SSSR count). The number of halogens is 1. The van der Waals surface area contributed by atoms with Gasteiger partial charge in [0.25, 0.3) is 5.91 Å². The van der Waals surface area contributed by atoms with Crippen molar-refractivity contribution in [1.82, 2.24) is 14.8 Å². The van der Waals surface area contributed by atoms with Crippen LogP contribution in [-0.2, 0) is 6.54 Å². The molecule has 0 aliphatic heterocycles. The maximum Gasteiger partial charge on any atom is 0.268 e. The van der Waals surface area contributed by atoms with E-state index in [-0.39, 0.29) is 11.9 Å². The average Bonchev–Trinajstić information content (AvgIpc) is 3.07. The number of carbonyl (C=O) groups excluding carboxylic acids is 1. The normalized spacial score (nSPS) is 12.6. The van der Waals surface area contributed by atoms with Gasteiger partial charge < -0.3 is 14.3 Å². The van der Waals surface area contributed by atoms with Gasteiger partial charge in [0.2, 0.25) is 0 Å². The van der Waals surface area contributed by atoms with Crippen LogP contribution in [0.25, 0.3) is 0 Å². The largest absolute Gasteiger partial charge is 0.468 e. The molecule has 21 heavy (non-hydrogen) atoms. The van der Waals surface area contributed by atoms with Gasteiger partial charge in [0.05, 0.1) is 12.3 Å². The molecule has 0 saturated carbocycles. The summed E-state index contributed by atoms with van der Waals surface area (Å²) in [7, 11) is 3.93. The monoisotopic (exact) mass is 353 g/mol. The minimum atomic E-state index is -0.0824. The van der Waals surface area contributed by atoms with E-state index in [2.05, 4.69) is 21.2 Å². The number of nitrogens with zero attached hydrogens (tertiary/aromatic N) is 2. The molecule has 0 radical (unpaired) electrons. The second-order valence-electron chi connectivity index (χ2n) is 5.03. The van der Waals surface area contributed by atoms with Crippen LogP contribution in [0.15, 0.2) is 39.5 Å². The highest BCUT2D eigenvalue weighted by Crippen LogP contribution is 2.18. The van der Waals surface area contributed by atoms with Crippen molar-refractivity contribution in [2.45, 2.75) is 19.5 Å². The van der Waals surface area contributed by atoms with Crippen LogP contribution in [0.1, 0.15) is 29.2 Å². The van der Waals surface area contributed by atoms with Crippen molar-refractivity contribution in [2.24, 2.45) is 0 Å². The zero-order chi connectivity index (χ0) is 15.4. The first-order valence-electron chi connectivity index (χ1n) is 6.86. The lowest BCUT2D eigenvalue weighted by Crippen LogP contribution is -2.35. The van der Waals surface area contributed by atoms with Crippen molar-refractivity contribution < 1.29 is 9.21 Å². The van der Waals surface area contributed by atoms with E-state index in [1.807, 2.05) is 54.9 Å². The molecule has 1 unspecified atom stereocenters. The highest BCUT2D eigenvalue weighted by molar-refractivity contribution is 9.10. The fourth-order valence-corrected chi connectivity index (χ4v) is 2.69. The number of hydrogen-bond acceptors (Lipinski definition) is 3. The zero-order valence-corrected chi connectivity index (χ0v) is 14.1. The van der Waals surface area contributed by atoms with E-state index in [0.29, 0.717) is 12.2 Å². The van der Waals surface area contributed by atoms with E-state index >= 15 is 0 Å². The Hall–Kier alpha value is -1.53. The summed E-state index contributed by atoms with van der Waals surface area (Å²) in [6, 6.07) is 5.61. The number of aryl methyl sites for hydroxylation is 1. The van der Waals surface area contributed by atoms with Crippen molar-refractivity contribution in [3.8, 4) is 0 Å². The smallest absolute Gasteiger partial charge is 0.268 e. The van der Waals surface area contributed by atoms with Crippen LogP contribution >= 0.6 is 15.9 Å². The molecular weight excluding hydrogens is 334 g/mol. The van der Waals surface area contributed by atoms with Crippen molar-refractivity contribution in [3.05, 3.63) is 46.6 Å². The van der Waals surface area contributed by atoms with E-state index in [1.54, 1.807) is 6.26 Å². The van der Waals surface area contributed by atoms with Crippen LogP contribution < -0.4 is 5.32 Å². The number of hydrogen-bond donors (Lipinski definition) is 1. The number of furan rings is 1. The molecule has 0 saturated heterocycles. The molecule has 2 aromatic rings. The Morgan fingerprint density at radius 3 is 2.86 bits per heavy atom. The first-order chi connectivity index (χ1) is 10.0. The lowest BCUT2D eigenvalue weighted by Gasteiger charge is -2.22. The highest BCUT2D eigenvalue weighted by atomic mass is 79.9. The summed E-state index contributed by atoms with van der Waals surface area (Å²) in [5, 5.41) is 2.97. The molecule has 1 N–H and O–H groups in total. The van der Waals surface area contributed by atoms with Crippen molar-refractivity contribution >= 4 is 21.8 Å². The number of likely N-dealkylation sites (N-methyl/N-ethyl adjacent to an activating group) is 1. The summed E-state index contributed by atoms with van der Waals surface area (Å²) in [4.78, 5) is 14.4. The maximum absolute atomic E-state index is 12.3. The Labute approximate surface area is 133 Å². The van der Waals surface area contributed by atoms with Gasteiger partial charge in [0.1, 0.15) is 11.5 Å². The Bertz CT molecular complexity index is 590. The van der Waals surface area contributed by atoms with Gasteiger partial charge in [-0.3, -0.25) is 9.69 Å². The molecule has 0 aliphatic rings. The lowest BCUT2D eigenvalue weighted by molar-refractivity contribution is 0.0930. The number of aromatic nitrogens is 1. The van der Waals surface area contributed by atoms with Gasteiger partial charge in [-0.15, -0.1) is 0 Å². The molecule has 114 valence electrons. The van der Waals surface area contributed by atoms with Crippen molar-refractivity contribution in [1.29, 1.82) is 0 Å². The molecule has 0 aliphatic carbocycles. The Morgan fingerprint density at radius 1 is 1.52 bits per heavy atom. The van der Waals surface area contributed by atoms with E-state index in [0.717, 1.165) is 16.8 Å². The van der Waals surface area contributed by atoms with Crippen molar-refractivity contribution in [2.75, 3.05) is 20.6 Å². The van der Waals surface area contributed by atoms with E-state index in [1.165, 1.54) is 0 Å². The SMILES string of the molecule is CCn1cc(Br)cc1C(=O)NCC(c1ccco1)N(C)C. The number of nitrogens with one attached hydrogen (secondary N) is 1. The van der Waals surface area contributed by atoms with Crippen LogP contribution in [0.5, 0.6) is 0 Å². The van der Waals surface area contributed by atoms with Crippen LogP contribution in [-0.4, -0.2) is 36.0 Å². The molecule has 1 atom stereocenters. The molecule has 6 heteroatoms. The molecule has 1 amide bonds. The molecule has 0 spiro atoms. The number of rotatable bonds is 6. The second-order valence-corrected chi connectivity index (χ2v) is 5.95. The topological polar surface area (TPSA) is 50.4 Å². The summed E-state index contributed by atoms with van der Waals surface area (Å²) in [6.07, 6.45) is 3.55. The third kappa shape index (κ3) is 3.77. The molecular formula is C15H20BrN3O2. The van der Waals surface area contributed by atoms with Crippen molar-refractivity contribution in [3.63, 3.8) is 0 Å². The van der Waals surface area contributed by atoms with Gasteiger partial charge in [0, 0.05) is 23.8 Å². The fraction of sp³-hybridized carbons (Fsp3) is 0.400. The van der Waals surface area contributed by atoms with Gasteiger partial charge in [-0.2, -0.15) is 0 Å². The molecule has 0 bridgehead atoms. The minimum absolute atomic E-state index is 0.0115. The first-order valence-corrected chi connectivity index (χ1v) is 7.66. The van der Waals surface area contributed by atoms with E-state index in [9.17, 15) is 4.79 Å². The third-order valence-corrected chi connectivity index (χ3v) is 3.82. The average molecular weight is 354 g/mol. The number of amides is 1. The highest BCUT2D eigenvalue weighted by Gasteiger charge is 2.19. The van der Waals surface area contributed by atoms with Crippen LogP contribution in [0.2, 0.25) is 0 Å². The first kappa shape index (κ1) is 15.9. The Morgan fingerprint density at radius 2 is 2.29 bits per heavy atom. The van der Waals surface area contributed by atoms with Gasteiger partial charge in [-0.05, 0) is 55.1 Å². The predicted molar refractivity (Wildman–Crippen MR) is 85.3 cm³/mol.